The molecule has 3 heteroatoms. The highest BCUT2D eigenvalue weighted by Crippen LogP contribution is 2.51. The monoisotopic (exact) mass is 799 g/mol. The summed E-state index contributed by atoms with van der Waals surface area (Å²) in [6, 6.07) is 83.0. The topological polar surface area (TPSA) is 14.8 Å². The number of hydrogen-bond acceptors (Lipinski definition) is 0. The molecular formula is C60H37N3. The van der Waals surface area contributed by atoms with Crippen LogP contribution in [0.1, 0.15) is 0 Å². The van der Waals surface area contributed by atoms with Crippen LogP contribution in [0, 0.1) is 0 Å². The number of rotatable bonds is 3. The molecule has 1 aliphatic carbocycles. The van der Waals surface area contributed by atoms with Crippen molar-refractivity contribution in [3.8, 4) is 61.6 Å². The van der Waals surface area contributed by atoms with Crippen LogP contribution in [0.2, 0.25) is 0 Å². The van der Waals surface area contributed by atoms with E-state index in [0.717, 1.165) is 11.4 Å². The highest BCUT2D eigenvalue weighted by molar-refractivity contribution is 6.14. The van der Waals surface area contributed by atoms with E-state index >= 15 is 0 Å². The Morgan fingerprint density at radius 1 is 0.206 bits per heavy atom. The second-order valence-corrected chi connectivity index (χ2v) is 16.8. The highest BCUT2D eigenvalue weighted by atomic mass is 15.0. The van der Waals surface area contributed by atoms with Crippen LogP contribution in [-0.2, 0) is 0 Å². The summed E-state index contributed by atoms with van der Waals surface area (Å²) in [6.45, 7) is 0. The average Bonchev–Trinajstić information content (AvgIpc) is 3.99. The molecule has 0 radical (unpaired) electrons. The lowest BCUT2D eigenvalue weighted by atomic mass is 9.80. The number of para-hydroxylation sites is 5. The van der Waals surface area contributed by atoms with Gasteiger partial charge in [0.2, 0.25) is 0 Å². The van der Waals surface area contributed by atoms with E-state index in [-0.39, 0.29) is 0 Å². The van der Waals surface area contributed by atoms with Gasteiger partial charge in [0.05, 0.1) is 38.8 Å². The normalized spacial score (nSPS) is 12.1. The van der Waals surface area contributed by atoms with E-state index < -0.39 is 0 Å². The third-order valence-electron chi connectivity index (χ3n) is 13.6. The molecule has 0 aliphatic heterocycles. The third kappa shape index (κ3) is 4.79. The maximum absolute atomic E-state index is 2.48. The first kappa shape index (κ1) is 34.3. The van der Waals surface area contributed by atoms with Crippen LogP contribution in [0.5, 0.6) is 0 Å². The number of aromatic nitrogens is 3. The lowest BCUT2D eigenvalue weighted by Gasteiger charge is -2.26. The number of hydrogen-bond donors (Lipinski definition) is 0. The molecule has 3 heterocycles. The van der Waals surface area contributed by atoms with E-state index in [9.17, 15) is 0 Å². The number of nitrogens with zero attached hydrogens (tertiary/aromatic N) is 3. The molecule has 0 atom stereocenters. The molecule has 0 unspecified atom stereocenters. The standard InChI is InChI=1S/C60H37N3/c1-2-17-41-40(16-1)43-34-32-38(62-55-28-12-9-23-48(55)52-37-39(33-35-58(52)62)61-53-26-10-5-19-44(53)45-20-6-11-27-54(45)61)36-51(43)42-18-3-4-24-49(42)60-50(41)25-15-31-59(60)63-56-29-13-7-21-46(56)47-22-8-14-30-57(47)63/h1-37H. The average molecular weight is 800 g/mol. The van der Waals surface area contributed by atoms with Gasteiger partial charge in [0, 0.05) is 49.3 Å². The predicted octanol–water partition coefficient (Wildman–Crippen LogP) is 16.0. The summed E-state index contributed by atoms with van der Waals surface area (Å²) in [5.41, 5.74) is 20.5. The molecule has 0 N–H and O–H groups in total. The first-order valence-corrected chi connectivity index (χ1v) is 21.8. The van der Waals surface area contributed by atoms with Gasteiger partial charge in [-0.15, -0.1) is 0 Å². The minimum atomic E-state index is 1.13. The van der Waals surface area contributed by atoms with E-state index in [0.29, 0.717) is 0 Å². The minimum absolute atomic E-state index is 1.13. The fraction of sp³-hybridized carbons (Fsp3) is 0. The second-order valence-electron chi connectivity index (χ2n) is 16.8. The third-order valence-corrected chi connectivity index (χ3v) is 13.6. The van der Waals surface area contributed by atoms with Crippen LogP contribution >= 0.6 is 0 Å². The molecule has 10 aromatic carbocycles. The molecule has 0 saturated heterocycles. The molecule has 14 rings (SSSR count). The van der Waals surface area contributed by atoms with Crippen LogP contribution < -0.4 is 0 Å². The molecule has 3 nitrogen and oxygen atoms in total. The van der Waals surface area contributed by atoms with Gasteiger partial charge in [0.1, 0.15) is 0 Å². The van der Waals surface area contributed by atoms with Gasteiger partial charge < -0.3 is 13.7 Å². The Morgan fingerprint density at radius 2 is 0.571 bits per heavy atom. The lowest BCUT2D eigenvalue weighted by Crippen LogP contribution is -2.03. The summed E-state index contributed by atoms with van der Waals surface area (Å²) in [5.74, 6) is 0. The summed E-state index contributed by atoms with van der Waals surface area (Å²) in [6.07, 6.45) is 0. The van der Waals surface area contributed by atoms with E-state index in [1.807, 2.05) is 0 Å². The first-order chi connectivity index (χ1) is 31.3. The Hall–Kier alpha value is -8.40. The van der Waals surface area contributed by atoms with Crippen molar-refractivity contribution in [1.82, 2.24) is 13.7 Å². The summed E-state index contributed by atoms with van der Waals surface area (Å²) in [5, 5.41) is 7.51. The zero-order valence-corrected chi connectivity index (χ0v) is 34.2. The zero-order chi connectivity index (χ0) is 41.2. The lowest BCUT2D eigenvalue weighted by molar-refractivity contribution is 1.16. The fourth-order valence-corrected chi connectivity index (χ4v) is 11.0. The van der Waals surface area contributed by atoms with E-state index in [1.165, 1.54) is 116 Å². The Labute approximate surface area is 363 Å². The van der Waals surface area contributed by atoms with Gasteiger partial charge in [-0.2, -0.15) is 0 Å². The molecule has 13 aromatic rings. The van der Waals surface area contributed by atoms with Crippen molar-refractivity contribution in [2.45, 2.75) is 0 Å². The Kier molecular flexibility index (Phi) is 7.11. The molecule has 0 fully saturated rings. The molecule has 0 saturated carbocycles. The van der Waals surface area contributed by atoms with E-state index in [4.69, 9.17) is 0 Å². The Morgan fingerprint density at radius 3 is 1.13 bits per heavy atom. The van der Waals surface area contributed by atoms with Gasteiger partial charge >= 0.3 is 0 Å². The zero-order valence-electron chi connectivity index (χ0n) is 34.2. The van der Waals surface area contributed by atoms with Crippen LogP contribution in [0.4, 0.5) is 0 Å². The number of benzene rings is 10. The van der Waals surface area contributed by atoms with Crippen LogP contribution in [0.3, 0.4) is 0 Å². The maximum Gasteiger partial charge on any atom is 0.0547 e. The highest BCUT2D eigenvalue weighted by Gasteiger charge is 2.26. The van der Waals surface area contributed by atoms with Gasteiger partial charge in [-0.25, -0.2) is 0 Å². The van der Waals surface area contributed by atoms with Crippen molar-refractivity contribution in [3.63, 3.8) is 0 Å². The molecule has 1 aliphatic rings. The largest absolute Gasteiger partial charge is 0.309 e. The van der Waals surface area contributed by atoms with Crippen molar-refractivity contribution in [3.05, 3.63) is 224 Å². The molecule has 3 aromatic heterocycles. The maximum atomic E-state index is 2.48. The fourth-order valence-electron chi connectivity index (χ4n) is 11.0. The van der Waals surface area contributed by atoms with Crippen molar-refractivity contribution >= 4 is 65.4 Å². The molecule has 292 valence electrons. The smallest absolute Gasteiger partial charge is 0.0547 e. The summed E-state index contributed by atoms with van der Waals surface area (Å²) in [4.78, 5) is 0. The molecular weight excluding hydrogens is 763 g/mol. The van der Waals surface area contributed by atoms with E-state index in [2.05, 4.69) is 238 Å². The molecule has 0 spiro atoms. The Bertz CT molecular complexity index is 3930. The second kappa shape index (κ2) is 13.1. The van der Waals surface area contributed by atoms with Crippen molar-refractivity contribution in [2.75, 3.05) is 0 Å². The first-order valence-electron chi connectivity index (χ1n) is 21.8. The van der Waals surface area contributed by atoms with Crippen molar-refractivity contribution < 1.29 is 0 Å². The summed E-state index contributed by atoms with van der Waals surface area (Å²) < 4.78 is 7.36. The van der Waals surface area contributed by atoms with Gasteiger partial charge in [0.15, 0.2) is 0 Å². The van der Waals surface area contributed by atoms with Crippen molar-refractivity contribution in [2.24, 2.45) is 0 Å². The quantitative estimate of drug-likeness (QED) is 0.169. The minimum Gasteiger partial charge on any atom is -0.309 e. The molecule has 63 heavy (non-hydrogen) atoms. The van der Waals surface area contributed by atoms with Crippen LogP contribution in [-0.4, -0.2) is 13.7 Å². The van der Waals surface area contributed by atoms with Crippen molar-refractivity contribution in [1.29, 1.82) is 0 Å². The van der Waals surface area contributed by atoms with Gasteiger partial charge in [0.25, 0.3) is 0 Å². The van der Waals surface area contributed by atoms with E-state index in [1.54, 1.807) is 0 Å². The molecule has 0 amide bonds. The summed E-state index contributed by atoms with van der Waals surface area (Å²) >= 11 is 0. The van der Waals surface area contributed by atoms with Gasteiger partial charge in [-0.3, -0.25) is 0 Å². The Balaban J connectivity index is 1.02. The predicted molar refractivity (Wildman–Crippen MR) is 265 cm³/mol. The number of fused-ring (bicyclic) bond motifs is 17. The van der Waals surface area contributed by atoms with Crippen LogP contribution in [0.15, 0.2) is 224 Å². The SMILES string of the molecule is c1ccc2c(c1)-c1ccc(-n3c4ccccc4c4cc(-n5c6ccccc6c6ccccc65)ccc43)cc1-c1ccccc1-c1c-2cccc1-n1c2ccccc2c2ccccc21. The summed E-state index contributed by atoms with van der Waals surface area (Å²) in [7, 11) is 0. The van der Waals surface area contributed by atoms with Gasteiger partial charge in [-0.1, -0.05) is 158 Å². The molecule has 0 bridgehead atoms. The van der Waals surface area contributed by atoms with Crippen LogP contribution in [0.25, 0.3) is 127 Å². The van der Waals surface area contributed by atoms with Gasteiger partial charge in [-0.05, 0) is 106 Å².